The van der Waals surface area contributed by atoms with E-state index in [9.17, 15) is 8.42 Å². The Morgan fingerprint density at radius 3 is 2.90 bits per heavy atom. The topological polar surface area (TPSA) is 59.5 Å². The second kappa shape index (κ2) is 5.92. The van der Waals surface area contributed by atoms with Crippen LogP contribution in [0.5, 0.6) is 5.75 Å². The number of thiophene rings is 1. The summed E-state index contributed by atoms with van der Waals surface area (Å²) in [6.45, 7) is 0.787. The Morgan fingerprint density at radius 2 is 2.24 bits per heavy atom. The lowest BCUT2D eigenvalue weighted by Gasteiger charge is -2.16. The fourth-order valence-electron chi connectivity index (χ4n) is 2.19. The summed E-state index contributed by atoms with van der Waals surface area (Å²) in [6.07, 6.45) is 3.79. The molecule has 0 unspecified atom stereocenters. The van der Waals surface area contributed by atoms with Crippen molar-refractivity contribution in [1.29, 1.82) is 0 Å². The zero-order chi connectivity index (χ0) is 14.9. The van der Waals surface area contributed by atoms with Crippen molar-refractivity contribution in [2.45, 2.75) is 16.7 Å². The highest BCUT2D eigenvalue weighted by Gasteiger charge is 2.34. The van der Waals surface area contributed by atoms with E-state index in [0.717, 1.165) is 11.3 Å². The molecule has 8 heteroatoms. The maximum Gasteiger partial charge on any atom is 0.252 e. The van der Waals surface area contributed by atoms with Crippen molar-refractivity contribution in [1.82, 2.24) is 9.29 Å². The van der Waals surface area contributed by atoms with Crippen LogP contribution in [0.15, 0.2) is 40.9 Å². The molecule has 21 heavy (non-hydrogen) atoms. The van der Waals surface area contributed by atoms with Crippen LogP contribution < -0.4 is 4.74 Å². The monoisotopic (exact) mass is 344 g/mol. The number of nitrogens with zero attached hydrogens (tertiary/aromatic N) is 2. The van der Waals surface area contributed by atoms with Crippen LogP contribution >= 0.6 is 22.9 Å². The van der Waals surface area contributed by atoms with Crippen molar-refractivity contribution in [3.63, 3.8) is 0 Å². The fourth-order valence-corrected chi connectivity index (χ4v) is 5.31. The Morgan fingerprint density at radius 1 is 1.38 bits per heavy atom. The number of hydrogen-bond acceptors (Lipinski definition) is 5. The highest BCUT2D eigenvalue weighted by molar-refractivity contribution is 7.91. The van der Waals surface area contributed by atoms with Crippen LogP contribution in [0.3, 0.4) is 0 Å². The number of ether oxygens (including phenoxy) is 1. The number of sulfonamides is 1. The molecule has 0 amide bonds. The molecule has 0 aromatic carbocycles. The van der Waals surface area contributed by atoms with Crippen molar-refractivity contribution in [2.24, 2.45) is 0 Å². The summed E-state index contributed by atoms with van der Waals surface area (Å²) >= 11 is 6.88. The van der Waals surface area contributed by atoms with E-state index in [1.165, 1.54) is 10.4 Å². The second-order valence-electron chi connectivity index (χ2n) is 4.64. The molecule has 5 nitrogen and oxygen atoms in total. The summed E-state index contributed by atoms with van der Waals surface area (Å²) in [6, 6.07) is 6.73. The average Bonchev–Trinajstić information content (AvgIpc) is 3.10. The van der Waals surface area contributed by atoms with E-state index < -0.39 is 10.0 Å². The first kappa shape index (κ1) is 14.8. The minimum Gasteiger partial charge on any atom is -0.487 e. The van der Waals surface area contributed by atoms with Crippen molar-refractivity contribution < 1.29 is 13.2 Å². The van der Waals surface area contributed by atoms with Crippen LogP contribution in [0, 0.1) is 0 Å². The quantitative estimate of drug-likeness (QED) is 0.855. The van der Waals surface area contributed by atoms with Gasteiger partial charge in [-0.3, -0.25) is 4.98 Å². The van der Waals surface area contributed by atoms with E-state index in [4.69, 9.17) is 16.3 Å². The van der Waals surface area contributed by atoms with Crippen molar-refractivity contribution in [3.05, 3.63) is 41.0 Å². The van der Waals surface area contributed by atoms with Gasteiger partial charge in [-0.05, 0) is 30.7 Å². The zero-order valence-corrected chi connectivity index (χ0v) is 13.4. The van der Waals surface area contributed by atoms with Gasteiger partial charge < -0.3 is 4.74 Å². The predicted octanol–water partition coefficient (Wildman–Crippen LogP) is 2.64. The van der Waals surface area contributed by atoms with Gasteiger partial charge in [0, 0.05) is 12.7 Å². The third-order valence-electron chi connectivity index (χ3n) is 3.19. The molecule has 0 spiro atoms. The SMILES string of the molecule is O=S(=O)(c1ccc(Cl)s1)N1CC[C@H](Oc2cccnc2)C1. The van der Waals surface area contributed by atoms with Gasteiger partial charge in [-0.15, -0.1) is 11.3 Å². The van der Waals surface area contributed by atoms with Gasteiger partial charge in [0.1, 0.15) is 16.1 Å². The summed E-state index contributed by atoms with van der Waals surface area (Å²) in [5.74, 6) is 0.654. The minimum atomic E-state index is -3.47. The fraction of sp³-hybridized carbons (Fsp3) is 0.308. The smallest absolute Gasteiger partial charge is 0.252 e. The molecule has 0 saturated carbocycles. The lowest BCUT2D eigenvalue weighted by molar-refractivity contribution is 0.215. The largest absolute Gasteiger partial charge is 0.487 e. The van der Waals surface area contributed by atoms with Gasteiger partial charge in [0.25, 0.3) is 10.0 Å². The minimum absolute atomic E-state index is 0.153. The van der Waals surface area contributed by atoms with Gasteiger partial charge in [0.05, 0.1) is 17.1 Å². The number of aromatic nitrogens is 1. The summed E-state index contributed by atoms with van der Waals surface area (Å²) in [5.41, 5.74) is 0. The molecule has 0 N–H and O–H groups in total. The Hall–Kier alpha value is -1.15. The highest BCUT2D eigenvalue weighted by Crippen LogP contribution is 2.30. The molecule has 3 rings (SSSR count). The van der Waals surface area contributed by atoms with Gasteiger partial charge in [-0.25, -0.2) is 8.42 Å². The first-order valence-electron chi connectivity index (χ1n) is 6.38. The van der Waals surface area contributed by atoms with Gasteiger partial charge >= 0.3 is 0 Å². The van der Waals surface area contributed by atoms with Crippen LogP contribution in [0.2, 0.25) is 4.34 Å². The molecule has 1 saturated heterocycles. The van der Waals surface area contributed by atoms with Crippen LogP contribution in [-0.2, 0) is 10.0 Å². The van der Waals surface area contributed by atoms with Crippen molar-refractivity contribution in [2.75, 3.05) is 13.1 Å². The lowest BCUT2D eigenvalue weighted by atomic mass is 10.3. The lowest BCUT2D eigenvalue weighted by Crippen LogP contribution is -2.30. The maximum atomic E-state index is 12.5. The van der Waals surface area contributed by atoms with E-state index in [1.54, 1.807) is 24.5 Å². The molecular formula is C13H13ClN2O3S2. The average molecular weight is 345 g/mol. The zero-order valence-electron chi connectivity index (χ0n) is 11.0. The number of halogens is 1. The highest BCUT2D eigenvalue weighted by atomic mass is 35.5. The first-order valence-corrected chi connectivity index (χ1v) is 9.01. The summed E-state index contributed by atoms with van der Waals surface area (Å²) in [7, 11) is -3.47. The van der Waals surface area contributed by atoms with E-state index in [-0.39, 0.29) is 10.3 Å². The van der Waals surface area contributed by atoms with Crippen LogP contribution in [-0.4, -0.2) is 36.9 Å². The molecule has 1 aliphatic rings. The molecule has 1 aliphatic heterocycles. The Bertz CT molecular complexity index is 718. The third kappa shape index (κ3) is 3.21. The van der Waals surface area contributed by atoms with Crippen LogP contribution in [0.1, 0.15) is 6.42 Å². The molecule has 0 radical (unpaired) electrons. The van der Waals surface area contributed by atoms with Gasteiger partial charge in [0.2, 0.25) is 0 Å². The second-order valence-corrected chi connectivity index (χ2v) is 8.52. The molecule has 2 aromatic heterocycles. The van der Waals surface area contributed by atoms with Crippen LogP contribution in [0.4, 0.5) is 0 Å². The number of pyridine rings is 1. The standard InChI is InChI=1S/C13H13ClN2O3S2/c14-12-3-4-13(20-12)21(17,18)16-7-5-11(9-16)19-10-2-1-6-15-8-10/h1-4,6,8,11H,5,7,9H2/t11-/m0/s1. The van der Waals surface area contributed by atoms with E-state index in [2.05, 4.69) is 4.98 Å². The normalized spacial score (nSPS) is 19.8. The van der Waals surface area contributed by atoms with E-state index >= 15 is 0 Å². The van der Waals surface area contributed by atoms with E-state index in [0.29, 0.717) is 29.6 Å². The molecule has 0 aliphatic carbocycles. The third-order valence-corrected chi connectivity index (χ3v) is 6.75. The van der Waals surface area contributed by atoms with Gasteiger partial charge in [-0.1, -0.05) is 11.6 Å². The molecule has 1 fully saturated rings. The van der Waals surface area contributed by atoms with Gasteiger partial charge in [-0.2, -0.15) is 4.31 Å². The molecule has 3 heterocycles. The summed E-state index contributed by atoms with van der Waals surface area (Å²) in [5, 5.41) is 0. The molecule has 0 bridgehead atoms. The van der Waals surface area contributed by atoms with E-state index in [1.807, 2.05) is 6.07 Å². The number of hydrogen-bond donors (Lipinski definition) is 0. The Balaban J connectivity index is 1.69. The molecule has 2 aromatic rings. The van der Waals surface area contributed by atoms with Gasteiger partial charge in [0.15, 0.2) is 0 Å². The summed E-state index contributed by atoms with van der Waals surface area (Å²) < 4.78 is 32.8. The molecular weight excluding hydrogens is 332 g/mol. The number of rotatable bonds is 4. The predicted molar refractivity (Wildman–Crippen MR) is 81.4 cm³/mol. The van der Waals surface area contributed by atoms with Crippen molar-refractivity contribution in [3.8, 4) is 5.75 Å². The molecule has 1 atom stereocenters. The van der Waals surface area contributed by atoms with Crippen LogP contribution in [0.25, 0.3) is 0 Å². The molecule has 112 valence electrons. The Kier molecular flexibility index (Phi) is 4.17. The summed E-state index contributed by atoms with van der Waals surface area (Å²) in [4.78, 5) is 3.98. The van der Waals surface area contributed by atoms with Crippen molar-refractivity contribution >= 4 is 33.0 Å². The maximum absolute atomic E-state index is 12.5. The Labute approximate surface area is 132 Å². The first-order chi connectivity index (χ1) is 10.1.